The van der Waals surface area contributed by atoms with E-state index in [1.165, 1.54) is 25.4 Å². The highest BCUT2D eigenvalue weighted by Crippen LogP contribution is 2.45. The van der Waals surface area contributed by atoms with Crippen molar-refractivity contribution in [2.75, 3.05) is 25.2 Å². The molecule has 2 atom stereocenters. The number of fused-ring (bicyclic) bond motifs is 2. The van der Waals surface area contributed by atoms with E-state index < -0.39 is 4.92 Å². The fraction of sp³-hybridized carbons (Fsp3) is 0.320. The third-order valence-electron chi connectivity index (χ3n) is 6.36. The van der Waals surface area contributed by atoms with E-state index in [4.69, 9.17) is 14.2 Å². The smallest absolute Gasteiger partial charge is 0.311 e. The molecule has 1 fully saturated rings. The number of para-hydroxylation sites is 1. The molecule has 0 radical (unpaired) electrons. The van der Waals surface area contributed by atoms with E-state index in [0.29, 0.717) is 42.6 Å². The second kappa shape index (κ2) is 9.19. The van der Waals surface area contributed by atoms with Crippen LogP contribution in [0.25, 0.3) is 10.9 Å². The predicted molar refractivity (Wildman–Crippen MR) is 126 cm³/mol. The number of nitriles is 1. The van der Waals surface area contributed by atoms with Crippen molar-refractivity contribution in [1.82, 2.24) is 4.98 Å². The van der Waals surface area contributed by atoms with Crippen LogP contribution in [0.2, 0.25) is 0 Å². The summed E-state index contributed by atoms with van der Waals surface area (Å²) in [5.74, 6) is -0.279. The molecular weight excluding hydrogens is 452 g/mol. The largest absolute Gasteiger partial charge is 0.481 e. The van der Waals surface area contributed by atoms with Crippen molar-refractivity contribution < 1.29 is 23.9 Å². The van der Waals surface area contributed by atoms with E-state index in [0.717, 1.165) is 11.3 Å². The molecule has 2 aliphatic rings. The van der Waals surface area contributed by atoms with Gasteiger partial charge in [0.15, 0.2) is 5.75 Å². The van der Waals surface area contributed by atoms with Crippen molar-refractivity contribution in [1.29, 1.82) is 5.26 Å². The Hall–Kier alpha value is -4.23. The Morgan fingerprint density at radius 2 is 2.20 bits per heavy atom. The zero-order valence-corrected chi connectivity index (χ0v) is 19.0. The number of ether oxygens (including phenoxy) is 3. The lowest BCUT2D eigenvalue weighted by Gasteiger charge is -2.29. The Bertz CT molecular complexity index is 1360. The number of hydrogen-bond acceptors (Lipinski definition) is 9. The van der Waals surface area contributed by atoms with Crippen LogP contribution in [-0.2, 0) is 20.7 Å². The molecule has 0 bridgehead atoms. The number of anilines is 2. The highest BCUT2D eigenvalue weighted by molar-refractivity contribution is 6.00. The van der Waals surface area contributed by atoms with Crippen LogP contribution in [-0.4, -0.2) is 48.3 Å². The third kappa shape index (κ3) is 4.11. The SMILES string of the molecule is COC(=O)CC1Cc2ccccc2N1c1c(C#N)cnc2cc(OC3CCOC3)c([N+](=O)[O-])cc12. The Labute approximate surface area is 200 Å². The van der Waals surface area contributed by atoms with Crippen LogP contribution >= 0.6 is 0 Å². The molecule has 2 unspecified atom stereocenters. The van der Waals surface area contributed by atoms with Crippen molar-refractivity contribution in [3.63, 3.8) is 0 Å². The Morgan fingerprint density at radius 3 is 2.91 bits per heavy atom. The second-order valence-corrected chi connectivity index (χ2v) is 8.47. The number of carbonyl (C=O) groups is 1. The van der Waals surface area contributed by atoms with E-state index in [1.54, 1.807) is 0 Å². The molecule has 35 heavy (non-hydrogen) atoms. The maximum Gasteiger partial charge on any atom is 0.311 e. The Balaban J connectivity index is 1.71. The van der Waals surface area contributed by atoms with Crippen LogP contribution in [0.1, 0.15) is 24.0 Å². The van der Waals surface area contributed by atoms with Gasteiger partial charge in [-0.3, -0.25) is 19.9 Å². The molecule has 3 heterocycles. The first kappa shape index (κ1) is 22.6. The molecule has 0 amide bonds. The molecule has 0 N–H and O–H groups in total. The van der Waals surface area contributed by atoms with Gasteiger partial charge in [0.05, 0.1) is 48.4 Å². The number of rotatable bonds is 6. The quantitative estimate of drug-likeness (QED) is 0.297. The minimum atomic E-state index is -0.503. The van der Waals surface area contributed by atoms with Gasteiger partial charge in [-0.15, -0.1) is 0 Å². The fourth-order valence-electron chi connectivity index (χ4n) is 4.76. The molecule has 0 spiro atoms. The van der Waals surface area contributed by atoms with Crippen molar-refractivity contribution in [2.24, 2.45) is 0 Å². The number of nitro groups is 1. The average Bonchev–Trinajstić information content (AvgIpc) is 3.50. The van der Waals surface area contributed by atoms with Gasteiger partial charge in [0.2, 0.25) is 0 Å². The second-order valence-electron chi connectivity index (χ2n) is 8.47. The van der Waals surface area contributed by atoms with Gasteiger partial charge in [-0.1, -0.05) is 18.2 Å². The number of nitrogens with zero attached hydrogens (tertiary/aromatic N) is 4. The van der Waals surface area contributed by atoms with Gasteiger partial charge in [-0.25, -0.2) is 0 Å². The maximum atomic E-state index is 12.2. The zero-order valence-electron chi connectivity index (χ0n) is 19.0. The van der Waals surface area contributed by atoms with Crippen LogP contribution in [0.15, 0.2) is 42.6 Å². The zero-order chi connectivity index (χ0) is 24.5. The van der Waals surface area contributed by atoms with Crippen LogP contribution in [0.3, 0.4) is 0 Å². The summed E-state index contributed by atoms with van der Waals surface area (Å²) in [7, 11) is 1.33. The van der Waals surface area contributed by atoms with Crippen molar-refractivity contribution in [3.8, 4) is 11.8 Å². The highest BCUT2D eigenvalue weighted by atomic mass is 16.6. The maximum absolute atomic E-state index is 12.2. The highest BCUT2D eigenvalue weighted by Gasteiger charge is 2.35. The lowest BCUT2D eigenvalue weighted by molar-refractivity contribution is -0.385. The molecule has 2 aliphatic heterocycles. The van der Waals surface area contributed by atoms with Crippen molar-refractivity contribution in [3.05, 3.63) is 63.8 Å². The van der Waals surface area contributed by atoms with Gasteiger partial charge in [-0.05, 0) is 18.1 Å². The van der Waals surface area contributed by atoms with Gasteiger partial charge < -0.3 is 19.1 Å². The lowest BCUT2D eigenvalue weighted by atomic mass is 10.0. The summed E-state index contributed by atoms with van der Waals surface area (Å²) >= 11 is 0. The van der Waals surface area contributed by atoms with Gasteiger partial charge in [-0.2, -0.15) is 5.26 Å². The van der Waals surface area contributed by atoms with Gasteiger partial charge in [0, 0.05) is 41.9 Å². The summed E-state index contributed by atoms with van der Waals surface area (Å²) < 4.78 is 16.1. The topological polar surface area (TPSA) is 128 Å². The predicted octanol–water partition coefficient (Wildman–Crippen LogP) is 3.81. The Morgan fingerprint density at radius 1 is 1.37 bits per heavy atom. The fourth-order valence-corrected chi connectivity index (χ4v) is 4.76. The molecule has 178 valence electrons. The number of aromatic nitrogens is 1. The molecule has 0 saturated carbocycles. The molecular formula is C25H22N4O6. The number of carbonyl (C=O) groups excluding carboxylic acids is 1. The molecule has 1 aromatic heterocycles. The van der Waals surface area contributed by atoms with Crippen LogP contribution in [0.5, 0.6) is 5.75 Å². The molecule has 1 saturated heterocycles. The number of pyridine rings is 1. The van der Waals surface area contributed by atoms with Crippen LogP contribution in [0.4, 0.5) is 17.1 Å². The molecule has 5 rings (SSSR count). The van der Waals surface area contributed by atoms with Gasteiger partial charge in [0.1, 0.15) is 12.2 Å². The minimum Gasteiger partial charge on any atom is -0.481 e. The van der Waals surface area contributed by atoms with Crippen molar-refractivity contribution >= 4 is 33.9 Å². The number of methoxy groups -OCH3 is 1. The van der Waals surface area contributed by atoms with E-state index in [1.807, 2.05) is 29.2 Å². The molecule has 10 nitrogen and oxygen atoms in total. The van der Waals surface area contributed by atoms with Crippen LogP contribution in [0, 0.1) is 21.4 Å². The van der Waals surface area contributed by atoms with Crippen molar-refractivity contribution in [2.45, 2.75) is 31.4 Å². The monoisotopic (exact) mass is 474 g/mol. The van der Waals surface area contributed by atoms with E-state index in [2.05, 4.69) is 11.1 Å². The average molecular weight is 474 g/mol. The Kier molecular flexibility index (Phi) is 5.93. The first-order valence-electron chi connectivity index (χ1n) is 11.2. The summed E-state index contributed by atoms with van der Waals surface area (Å²) in [5.41, 5.74) is 2.77. The summed E-state index contributed by atoms with van der Waals surface area (Å²) in [6, 6.07) is 12.4. The molecule has 0 aliphatic carbocycles. The normalized spacial score (nSPS) is 18.8. The molecule has 10 heteroatoms. The third-order valence-corrected chi connectivity index (χ3v) is 6.36. The minimum absolute atomic E-state index is 0.0881. The molecule has 3 aromatic rings. The van der Waals surface area contributed by atoms with Crippen LogP contribution < -0.4 is 9.64 Å². The number of esters is 1. The van der Waals surface area contributed by atoms with E-state index in [9.17, 15) is 20.2 Å². The van der Waals surface area contributed by atoms with E-state index in [-0.39, 0.29) is 41.5 Å². The first-order valence-corrected chi connectivity index (χ1v) is 11.2. The number of benzene rings is 2. The number of hydrogen-bond donors (Lipinski definition) is 0. The van der Waals surface area contributed by atoms with Gasteiger partial charge in [0.25, 0.3) is 0 Å². The van der Waals surface area contributed by atoms with Gasteiger partial charge >= 0.3 is 11.7 Å². The summed E-state index contributed by atoms with van der Waals surface area (Å²) in [4.78, 5) is 30.0. The number of nitro benzene ring substituents is 1. The standard InChI is InChI=1S/C25H22N4O6/c1-33-24(30)9-17-8-15-4-2-3-5-21(15)28(17)25-16(12-26)13-27-20-11-23(35-18-6-7-34-14-18)22(29(31)32)10-19(20)25/h2-5,10-11,13,17-18H,6-9,14H2,1H3. The molecule has 2 aromatic carbocycles. The van der Waals surface area contributed by atoms with E-state index >= 15 is 0 Å². The summed E-state index contributed by atoms with van der Waals surface area (Å²) in [6.07, 6.45) is 2.46. The lowest BCUT2D eigenvalue weighted by Crippen LogP contribution is -2.31. The summed E-state index contributed by atoms with van der Waals surface area (Å²) in [6.45, 7) is 0.900. The first-order chi connectivity index (χ1) is 17.0. The summed E-state index contributed by atoms with van der Waals surface area (Å²) in [5, 5.41) is 22.4.